The second-order valence-corrected chi connectivity index (χ2v) is 1.43. The van der Waals surface area contributed by atoms with E-state index in [-0.39, 0.29) is 5.82 Å². The van der Waals surface area contributed by atoms with Crippen molar-refractivity contribution in [3.8, 4) is 0 Å². The largest absolute Gasteiger partial charge is 0.475 e. The zero-order chi connectivity index (χ0) is 7.56. The molecule has 0 atom stereocenters. The highest BCUT2D eigenvalue weighted by Crippen LogP contribution is 1.89. The van der Waals surface area contributed by atoms with Crippen LogP contribution in [0.1, 0.15) is 10.6 Å². The summed E-state index contributed by atoms with van der Waals surface area (Å²) in [7, 11) is 0. The lowest BCUT2D eigenvalue weighted by Crippen LogP contribution is -2.05. The average Bonchev–Trinajstić information content (AvgIpc) is 2.33. The maximum absolute atomic E-state index is 10.2. The number of aromatic carboxylic acids is 1. The standard InChI is InChI=1S/C4H4N4O2/c1-2-8-3(4(9)10)5-6-7-8/h2H,1H2,(H,9,10). The molecule has 0 aromatic carbocycles. The Bertz CT molecular complexity index is 266. The van der Waals surface area contributed by atoms with Crippen molar-refractivity contribution in [1.82, 2.24) is 20.2 Å². The smallest absolute Gasteiger partial charge is 0.375 e. The van der Waals surface area contributed by atoms with Gasteiger partial charge in [0.1, 0.15) is 0 Å². The summed E-state index contributed by atoms with van der Waals surface area (Å²) in [5.41, 5.74) is 0. The van der Waals surface area contributed by atoms with Gasteiger partial charge in [0.25, 0.3) is 5.82 Å². The summed E-state index contributed by atoms with van der Waals surface area (Å²) in [6.07, 6.45) is 1.21. The van der Waals surface area contributed by atoms with Gasteiger partial charge in [-0.15, -0.1) is 5.10 Å². The Balaban J connectivity index is 3.13. The molecule has 0 aliphatic heterocycles. The zero-order valence-electron chi connectivity index (χ0n) is 4.93. The summed E-state index contributed by atoms with van der Waals surface area (Å²) in [5.74, 6) is -1.42. The number of carboxylic acid groups (broad SMARTS) is 1. The Morgan fingerprint density at radius 3 is 2.90 bits per heavy atom. The van der Waals surface area contributed by atoms with Gasteiger partial charge < -0.3 is 5.11 Å². The number of carbonyl (C=O) groups is 1. The molecule has 1 N–H and O–H groups in total. The third-order valence-electron chi connectivity index (χ3n) is 0.857. The molecule has 0 saturated heterocycles. The van der Waals surface area contributed by atoms with Gasteiger partial charge in [-0.05, 0) is 10.4 Å². The lowest BCUT2D eigenvalue weighted by Gasteiger charge is -1.87. The Morgan fingerprint density at radius 1 is 1.80 bits per heavy atom. The molecule has 0 aliphatic carbocycles. The van der Waals surface area contributed by atoms with Crippen molar-refractivity contribution in [2.75, 3.05) is 0 Å². The van der Waals surface area contributed by atoms with E-state index < -0.39 is 5.97 Å². The average molecular weight is 140 g/mol. The third kappa shape index (κ3) is 0.859. The first-order valence-electron chi connectivity index (χ1n) is 2.39. The first-order valence-corrected chi connectivity index (χ1v) is 2.39. The van der Waals surface area contributed by atoms with E-state index in [0.29, 0.717) is 0 Å². The fraction of sp³-hybridized carbons (Fsp3) is 0. The summed E-state index contributed by atoms with van der Waals surface area (Å²) < 4.78 is 0.975. The molecular formula is C4H4N4O2. The first-order chi connectivity index (χ1) is 4.75. The molecule has 6 nitrogen and oxygen atoms in total. The van der Waals surface area contributed by atoms with E-state index in [1.54, 1.807) is 0 Å². The van der Waals surface area contributed by atoms with Crippen molar-refractivity contribution in [3.05, 3.63) is 12.4 Å². The number of rotatable bonds is 2. The molecule has 10 heavy (non-hydrogen) atoms. The lowest BCUT2D eigenvalue weighted by atomic mass is 10.6. The normalized spacial score (nSPS) is 9.20. The number of carboxylic acids is 1. The van der Waals surface area contributed by atoms with Gasteiger partial charge in [-0.1, -0.05) is 6.58 Å². The molecule has 0 aliphatic rings. The van der Waals surface area contributed by atoms with E-state index in [9.17, 15) is 4.79 Å². The van der Waals surface area contributed by atoms with Crippen LogP contribution in [0.2, 0.25) is 0 Å². The lowest BCUT2D eigenvalue weighted by molar-refractivity contribution is 0.0681. The van der Waals surface area contributed by atoms with Gasteiger partial charge in [0, 0.05) is 6.20 Å². The molecule has 0 unspecified atom stereocenters. The molecule has 0 amide bonds. The fourth-order valence-electron chi connectivity index (χ4n) is 0.457. The van der Waals surface area contributed by atoms with Gasteiger partial charge >= 0.3 is 5.97 Å². The third-order valence-corrected chi connectivity index (χ3v) is 0.857. The molecule has 0 saturated carbocycles. The topological polar surface area (TPSA) is 80.9 Å². The molecule has 6 heteroatoms. The van der Waals surface area contributed by atoms with E-state index in [0.717, 1.165) is 4.68 Å². The van der Waals surface area contributed by atoms with E-state index in [1.807, 2.05) is 0 Å². The fourth-order valence-corrected chi connectivity index (χ4v) is 0.457. The predicted molar refractivity (Wildman–Crippen MR) is 31.2 cm³/mol. The van der Waals surface area contributed by atoms with Crippen LogP contribution in [0.3, 0.4) is 0 Å². The first kappa shape index (κ1) is 6.40. The van der Waals surface area contributed by atoms with E-state index in [4.69, 9.17) is 5.11 Å². The molecule has 52 valence electrons. The summed E-state index contributed by atoms with van der Waals surface area (Å²) in [5, 5.41) is 18.0. The Morgan fingerprint density at radius 2 is 2.50 bits per heavy atom. The van der Waals surface area contributed by atoms with Crippen LogP contribution in [-0.2, 0) is 0 Å². The van der Waals surface area contributed by atoms with E-state index >= 15 is 0 Å². The van der Waals surface area contributed by atoms with Crippen molar-refractivity contribution in [3.63, 3.8) is 0 Å². The molecule has 1 rings (SSSR count). The minimum atomic E-state index is -1.18. The van der Waals surface area contributed by atoms with E-state index in [2.05, 4.69) is 22.1 Å². The van der Waals surface area contributed by atoms with Gasteiger partial charge in [-0.25, -0.2) is 4.79 Å². The summed E-state index contributed by atoms with van der Waals surface area (Å²) in [6, 6.07) is 0. The molecule has 1 aromatic heterocycles. The van der Waals surface area contributed by atoms with Crippen molar-refractivity contribution in [2.24, 2.45) is 0 Å². The van der Waals surface area contributed by atoms with Gasteiger partial charge in [-0.3, -0.25) is 0 Å². The maximum atomic E-state index is 10.2. The molecule has 1 heterocycles. The number of hydrogen-bond acceptors (Lipinski definition) is 4. The second kappa shape index (κ2) is 2.26. The summed E-state index contributed by atoms with van der Waals surface area (Å²) >= 11 is 0. The summed E-state index contributed by atoms with van der Waals surface area (Å²) in [6.45, 7) is 3.30. The highest BCUT2D eigenvalue weighted by Gasteiger charge is 2.10. The van der Waals surface area contributed by atoms with Crippen LogP contribution in [0.25, 0.3) is 6.20 Å². The van der Waals surface area contributed by atoms with E-state index in [1.165, 1.54) is 6.20 Å². The SMILES string of the molecule is C=Cn1nnnc1C(=O)O. The van der Waals surface area contributed by atoms with Crippen LogP contribution in [-0.4, -0.2) is 31.3 Å². The second-order valence-electron chi connectivity index (χ2n) is 1.43. The monoisotopic (exact) mass is 140 g/mol. The Hall–Kier alpha value is -1.72. The number of hydrogen-bond donors (Lipinski definition) is 1. The van der Waals surface area contributed by atoms with Crippen LogP contribution in [0.5, 0.6) is 0 Å². The molecular weight excluding hydrogens is 136 g/mol. The van der Waals surface area contributed by atoms with Crippen molar-refractivity contribution in [2.45, 2.75) is 0 Å². The number of aromatic nitrogens is 4. The highest BCUT2D eigenvalue weighted by atomic mass is 16.4. The summed E-state index contributed by atoms with van der Waals surface area (Å²) in [4.78, 5) is 10.2. The molecule has 0 fully saturated rings. The van der Waals surface area contributed by atoms with Gasteiger partial charge in [0.15, 0.2) is 0 Å². The van der Waals surface area contributed by atoms with Crippen LogP contribution in [0, 0.1) is 0 Å². The number of nitrogens with zero attached hydrogens (tertiary/aromatic N) is 4. The van der Waals surface area contributed by atoms with Gasteiger partial charge in [0.2, 0.25) is 0 Å². The number of tetrazole rings is 1. The van der Waals surface area contributed by atoms with Gasteiger partial charge in [-0.2, -0.15) is 4.68 Å². The van der Waals surface area contributed by atoms with Crippen molar-refractivity contribution in [1.29, 1.82) is 0 Å². The highest BCUT2D eigenvalue weighted by molar-refractivity contribution is 5.83. The molecule has 0 radical (unpaired) electrons. The Kier molecular flexibility index (Phi) is 1.44. The molecule has 0 spiro atoms. The maximum Gasteiger partial charge on any atom is 0.375 e. The van der Waals surface area contributed by atoms with Crippen molar-refractivity contribution < 1.29 is 9.90 Å². The predicted octanol–water partition coefficient (Wildman–Crippen LogP) is -0.528. The Labute approximate surface area is 55.8 Å². The molecule has 1 aromatic rings. The minimum Gasteiger partial charge on any atom is -0.475 e. The van der Waals surface area contributed by atoms with Crippen LogP contribution >= 0.6 is 0 Å². The van der Waals surface area contributed by atoms with Crippen LogP contribution < -0.4 is 0 Å². The minimum absolute atomic E-state index is 0.241. The van der Waals surface area contributed by atoms with Crippen LogP contribution in [0.4, 0.5) is 0 Å². The van der Waals surface area contributed by atoms with Crippen molar-refractivity contribution >= 4 is 12.2 Å². The molecule has 0 bridgehead atoms. The van der Waals surface area contributed by atoms with Crippen LogP contribution in [0.15, 0.2) is 6.58 Å². The zero-order valence-corrected chi connectivity index (χ0v) is 4.93. The quantitative estimate of drug-likeness (QED) is 0.597. The van der Waals surface area contributed by atoms with Gasteiger partial charge in [0.05, 0.1) is 0 Å².